The average Bonchev–Trinajstić information content (AvgIpc) is 3.86. The Hall–Kier alpha value is -4.22. The lowest BCUT2D eigenvalue weighted by molar-refractivity contribution is -0.122. The summed E-state index contributed by atoms with van der Waals surface area (Å²) >= 11 is 0. The quantitative estimate of drug-likeness (QED) is 0.203. The van der Waals surface area contributed by atoms with Crippen molar-refractivity contribution in [2.45, 2.75) is 51.2 Å². The van der Waals surface area contributed by atoms with Gasteiger partial charge in [0.2, 0.25) is 15.9 Å². The van der Waals surface area contributed by atoms with Crippen LogP contribution in [0, 0.1) is 5.92 Å². The molecule has 0 aromatic heterocycles. The first-order valence-corrected chi connectivity index (χ1v) is 17.1. The Morgan fingerprint density at radius 2 is 1.44 bits per heavy atom. The third-order valence-corrected chi connectivity index (χ3v) is 9.14. The van der Waals surface area contributed by atoms with Crippen LogP contribution in [0.4, 0.5) is 5.69 Å². The molecule has 1 aliphatic rings. The molecule has 240 valence electrons. The highest BCUT2D eigenvalue weighted by Crippen LogP contribution is 2.27. The van der Waals surface area contributed by atoms with Crippen LogP contribution < -0.4 is 25.6 Å². The lowest BCUT2D eigenvalue weighted by atomic mass is 10.0. The van der Waals surface area contributed by atoms with Gasteiger partial charge >= 0.3 is 0 Å². The molecule has 0 heterocycles. The van der Waals surface area contributed by atoms with E-state index in [-0.39, 0.29) is 28.8 Å². The molecule has 0 unspecified atom stereocenters. The van der Waals surface area contributed by atoms with Gasteiger partial charge in [0.15, 0.2) is 0 Å². The van der Waals surface area contributed by atoms with E-state index in [1.165, 1.54) is 25.2 Å². The summed E-state index contributed by atoms with van der Waals surface area (Å²) in [6, 6.07) is 22.3. The number of benzene rings is 3. The number of rotatable bonds is 15. The molecule has 10 nitrogen and oxygen atoms in total. The monoisotopic (exact) mass is 633 g/mol. The topological polar surface area (TPSA) is 137 Å². The highest BCUT2D eigenvalue weighted by molar-refractivity contribution is 7.92. The number of hydrogen-bond acceptors (Lipinski definition) is 6. The molecule has 3 aromatic carbocycles. The summed E-state index contributed by atoms with van der Waals surface area (Å²) in [6.07, 6.45) is 3.83. The molecule has 3 aromatic rings. The van der Waals surface area contributed by atoms with Gasteiger partial charge in [-0.15, -0.1) is 0 Å². The van der Waals surface area contributed by atoms with E-state index in [0.717, 1.165) is 34.5 Å². The minimum Gasteiger partial charge on any atom is -0.354 e. The van der Waals surface area contributed by atoms with E-state index in [4.69, 9.17) is 0 Å². The van der Waals surface area contributed by atoms with Crippen LogP contribution in [0.5, 0.6) is 0 Å². The van der Waals surface area contributed by atoms with Crippen LogP contribution >= 0.6 is 0 Å². The SMILES string of the molecule is C[C@H](NC[C@H](Cc1ccccc1)NC(=O)c1cc(C(=O)N[C@H](C)c2ccccc2)cc(N(C)S(C)(=O)=O)c1)C(=O)NCC1CC1. The molecule has 0 saturated heterocycles. The van der Waals surface area contributed by atoms with Crippen LogP contribution in [-0.4, -0.2) is 64.6 Å². The summed E-state index contributed by atoms with van der Waals surface area (Å²) in [5.74, 6) is -0.448. The maximum atomic E-state index is 13.7. The Bertz CT molecular complexity index is 1580. The maximum Gasteiger partial charge on any atom is 0.251 e. The van der Waals surface area contributed by atoms with Crippen LogP contribution in [0.3, 0.4) is 0 Å². The predicted molar refractivity (Wildman–Crippen MR) is 177 cm³/mol. The molecule has 1 saturated carbocycles. The van der Waals surface area contributed by atoms with Gasteiger partial charge in [-0.05, 0) is 68.4 Å². The molecule has 4 N–H and O–H groups in total. The number of carbonyl (C=O) groups is 3. The maximum absolute atomic E-state index is 13.7. The number of sulfonamides is 1. The minimum atomic E-state index is -3.68. The van der Waals surface area contributed by atoms with E-state index in [9.17, 15) is 22.8 Å². The van der Waals surface area contributed by atoms with Gasteiger partial charge in [-0.3, -0.25) is 18.7 Å². The highest BCUT2D eigenvalue weighted by atomic mass is 32.2. The zero-order valence-corrected chi connectivity index (χ0v) is 27.1. The summed E-state index contributed by atoms with van der Waals surface area (Å²) in [5.41, 5.74) is 2.36. The molecule has 0 bridgehead atoms. The van der Waals surface area contributed by atoms with Crippen molar-refractivity contribution >= 4 is 33.4 Å². The fourth-order valence-electron chi connectivity index (χ4n) is 4.82. The van der Waals surface area contributed by atoms with Crippen molar-refractivity contribution in [3.05, 3.63) is 101 Å². The number of amides is 3. The number of nitrogens with zero attached hydrogens (tertiary/aromatic N) is 1. The second kappa shape index (κ2) is 15.2. The van der Waals surface area contributed by atoms with Crippen molar-refractivity contribution in [2.24, 2.45) is 5.92 Å². The standard InChI is InChI=1S/C34H43N5O5S/c1-23(27-13-9-6-10-14-27)37-33(41)28-18-29(20-31(19-28)39(3)45(4,43)44)34(42)38-30(17-25-11-7-5-8-12-25)22-35-24(2)32(40)36-21-26-15-16-26/h5-14,18-20,23-24,26,30,35H,15-17,21-22H2,1-4H3,(H,36,40)(H,37,41)(H,38,42)/t23-,24+,30+/m1/s1. The van der Waals surface area contributed by atoms with Gasteiger partial charge in [-0.25, -0.2) is 8.42 Å². The van der Waals surface area contributed by atoms with E-state index in [2.05, 4.69) is 21.3 Å². The lowest BCUT2D eigenvalue weighted by Crippen LogP contribution is -2.49. The van der Waals surface area contributed by atoms with Crippen molar-refractivity contribution in [3.63, 3.8) is 0 Å². The first-order chi connectivity index (χ1) is 21.4. The van der Waals surface area contributed by atoms with E-state index in [1.807, 2.05) is 67.6 Å². The molecule has 0 aliphatic heterocycles. The highest BCUT2D eigenvalue weighted by Gasteiger charge is 2.25. The van der Waals surface area contributed by atoms with Gasteiger partial charge in [0.1, 0.15) is 0 Å². The fourth-order valence-corrected chi connectivity index (χ4v) is 5.31. The fraction of sp³-hybridized carbons (Fsp3) is 0.382. The Kier molecular flexibility index (Phi) is 11.4. The Morgan fingerprint density at radius 3 is 2.02 bits per heavy atom. The number of nitrogens with one attached hydrogen (secondary N) is 4. The lowest BCUT2D eigenvalue weighted by Gasteiger charge is -2.23. The summed E-state index contributed by atoms with van der Waals surface area (Å²) in [4.78, 5) is 39.7. The summed E-state index contributed by atoms with van der Waals surface area (Å²) in [6.45, 7) is 4.62. The molecule has 3 atom stereocenters. The zero-order valence-electron chi connectivity index (χ0n) is 26.2. The van der Waals surface area contributed by atoms with E-state index < -0.39 is 33.9 Å². The van der Waals surface area contributed by atoms with E-state index in [0.29, 0.717) is 25.4 Å². The van der Waals surface area contributed by atoms with Gasteiger partial charge in [0, 0.05) is 37.3 Å². The van der Waals surface area contributed by atoms with Gasteiger partial charge in [-0.1, -0.05) is 60.7 Å². The van der Waals surface area contributed by atoms with Crippen molar-refractivity contribution in [3.8, 4) is 0 Å². The smallest absolute Gasteiger partial charge is 0.251 e. The summed E-state index contributed by atoms with van der Waals surface area (Å²) < 4.78 is 25.9. The molecule has 3 amide bonds. The normalized spacial score (nSPS) is 14.9. The van der Waals surface area contributed by atoms with Crippen molar-refractivity contribution in [1.82, 2.24) is 21.3 Å². The minimum absolute atomic E-state index is 0.0939. The van der Waals surface area contributed by atoms with Crippen molar-refractivity contribution in [1.29, 1.82) is 0 Å². The van der Waals surface area contributed by atoms with E-state index >= 15 is 0 Å². The van der Waals surface area contributed by atoms with Crippen LogP contribution in [0.2, 0.25) is 0 Å². The Balaban J connectivity index is 1.55. The second-order valence-corrected chi connectivity index (χ2v) is 13.8. The summed E-state index contributed by atoms with van der Waals surface area (Å²) in [5, 5.41) is 12.2. The van der Waals surface area contributed by atoms with Gasteiger partial charge < -0.3 is 21.3 Å². The van der Waals surface area contributed by atoms with Gasteiger partial charge in [0.25, 0.3) is 11.8 Å². The van der Waals surface area contributed by atoms with Crippen molar-refractivity contribution < 1.29 is 22.8 Å². The second-order valence-electron chi connectivity index (χ2n) is 11.8. The molecule has 11 heteroatoms. The van der Waals surface area contributed by atoms with Gasteiger partial charge in [-0.2, -0.15) is 0 Å². The van der Waals surface area contributed by atoms with E-state index in [1.54, 1.807) is 6.92 Å². The van der Waals surface area contributed by atoms with Gasteiger partial charge in [0.05, 0.1) is 24.0 Å². The first-order valence-electron chi connectivity index (χ1n) is 15.2. The largest absolute Gasteiger partial charge is 0.354 e. The van der Waals surface area contributed by atoms with Crippen LogP contribution in [0.1, 0.15) is 64.6 Å². The Morgan fingerprint density at radius 1 is 0.867 bits per heavy atom. The van der Waals surface area contributed by atoms with Crippen LogP contribution in [0.15, 0.2) is 78.9 Å². The predicted octanol–water partition coefficient (Wildman–Crippen LogP) is 3.42. The third kappa shape index (κ3) is 10.2. The number of anilines is 1. The number of hydrogen-bond donors (Lipinski definition) is 4. The average molecular weight is 634 g/mol. The summed E-state index contributed by atoms with van der Waals surface area (Å²) in [7, 11) is -2.31. The molecule has 0 radical (unpaired) electrons. The van der Waals surface area contributed by atoms with Crippen LogP contribution in [-0.2, 0) is 21.2 Å². The molecular weight excluding hydrogens is 590 g/mol. The van der Waals surface area contributed by atoms with Crippen LogP contribution in [0.25, 0.3) is 0 Å². The molecule has 45 heavy (non-hydrogen) atoms. The molecule has 4 rings (SSSR count). The molecule has 1 fully saturated rings. The molecular formula is C34H43N5O5S. The molecule has 1 aliphatic carbocycles. The van der Waals surface area contributed by atoms with Crippen molar-refractivity contribution in [2.75, 3.05) is 30.7 Å². The first kappa shape index (κ1) is 33.7. The third-order valence-electron chi connectivity index (χ3n) is 7.94. The molecule has 0 spiro atoms. The number of carbonyl (C=O) groups excluding carboxylic acids is 3. The Labute approximate surface area is 266 Å². The zero-order chi connectivity index (χ0) is 32.6.